The van der Waals surface area contributed by atoms with Crippen LogP contribution in [0.4, 0.5) is 5.69 Å². The van der Waals surface area contributed by atoms with E-state index in [4.69, 9.17) is 8.83 Å². The van der Waals surface area contributed by atoms with Crippen LogP contribution in [0.1, 0.15) is 11.1 Å². The molecule has 4 nitrogen and oxygen atoms in total. The molecule has 2 aromatic heterocycles. The number of para-hydroxylation sites is 1. The second-order valence-corrected chi connectivity index (χ2v) is 6.79. The quantitative estimate of drug-likeness (QED) is 0.443. The third kappa shape index (κ3) is 2.75. The highest BCUT2D eigenvalue weighted by atomic mass is 16.3. The van der Waals surface area contributed by atoms with Gasteiger partial charge in [0, 0.05) is 27.4 Å². The maximum Gasteiger partial charge on any atom is 0.228 e. The molecule has 1 N–H and O–H groups in total. The average Bonchev–Trinajstić information content (AvgIpc) is 3.22. The Kier molecular flexibility index (Phi) is 3.50. The summed E-state index contributed by atoms with van der Waals surface area (Å²) in [7, 11) is 0. The van der Waals surface area contributed by atoms with E-state index in [0.717, 1.165) is 49.7 Å². The molecule has 27 heavy (non-hydrogen) atoms. The Balaban J connectivity index is 1.42. The normalized spacial score (nSPS) is 11.4. The lowest BCUT2D eigenvalue weighted by Crippen LogP contribution is -2.14. The van der Waals surface area contributed by atoms with Crippen LogP contribution in [0.5, 0.6) is 0 Å². The van der Waals surface area contributed by atoms with Crippen molar-refractivity contribution in [2.24, 2.45) is 0 Å². The van der Waals surface area contributed by atoms with E-state index in [1.165, 1.54) is 0 Å². The van der Waals surface area contributed by atoms with Gasteiger partial charge in [0.2, 0.25) is 5.91 Å². The Morgan fingerprint density at radius 1 is 0.889 bits per heavy atom. The van der Waals surface area contributed by atoms with Gasteiger partial charge in [0.15, 0.2) is 0 Å². The molecule has 0 bridgehead atoms. The van der Waals surface area contributed by atoms with Gasteiger partial charge in [-0.15, -0.1) is 0 Å². The molecule has 5 aromatic rings. The van der Waals surface area contributed by atoms with Crippen LogP contribution in [-0.4, -0.2) is 5.91 Å². The van der Waals surface area contributed by atoms with Gasteiger partial charge in [-0.25, -0.2) is 0 Å². The molecular weight excluding hydrogens is 338 g/mol. The lowest BCUT2D eigenvalue weighted by molar-refractivity contribution is -0.115. The molecule has 0 fully saturated rings. The summed E-state index contributed by atoms with van der Waals surface area (Å²) in [4.78, 5) is 12.6. The standard InChI is InChI=1S/C23H17NO3/c1-14-6-8-17-15(13-26-22(17)10-14)11-23(25)24-16-7-9-21-19(12-16)18-4-2-3-5-20(18)27-21/h2-10,12-13H,11H2,1H3,(H,24,25). The van der Waals surface area contributed by atoms with E-state index >= 15 is 0 Å². The number of fused-ring (bicyclic) bond motifs is 4. The van der Waals surface area contributed by atoms with E-state index in [9.17, 15) is 4.79 Å². The van der Waals surface area contributed by atoms with Crippen molar-refractivity contribution >= 4 is 44.5 Å². The van der Waals surface area contributed by atoms with Crippen LogP contribution in [0.15, 0.2) is 75.8 Å². The highest BCUT2D eigenvalue weighted by molar-refractivity contribution is 6.07. The molecule has 3 aromatic carbocycles. The maximum atomic E-state index is 12.6. The van der Waals surface area contributed by atoms with Crippen LogP contribution in [0, 0.1) is 6.92 Å². The van der Waals surface area contributed by atoms with Gasteiger partial charge in [-0.3, -0.25) is 4.79 Å². The molecule has 0 saturated heterocycles. The van der Waals surface area contributed by atoms with E-state index in [-0.39, 0.29) is 12.3 Å². The van der Waals surface area contributed by atoms with Crippen LogP contribution in [0.3, 0.4) is 0 Å². The molecule has 1 amide bonds. The Bertz CT molecular complexity index is 1310. The van der Waals surface area contributed by atoms with E-state index in [1.54, 1.807) is 6.26 Å². The molecule has 132 valence electrons. The summed E-state index contributed by atoms with van der Waals surface area (Å²) < 4.78 is 11.4. The number of nitrogens with one attached hydrogen (secondary N) is 1. The van der Waals surface area contributed by atoms with Gasteiger partial charge >= 0.3 is 0 Å². The van der Waals surface area contributed by atoms with Crippen LogP contribution in [0.25, 0.3) is 32.9 Å². The molecule has 0 spiro atoms. The van der Waals surface area contributed by atoms with Gasteiger partial charge in [-0.1, -0.05) is 30.3 Å². The molecular formula is C23H17NO3. The highest BCUT2D eigenvalue weighted by Crippen LogP contribution is 2.30. The third-order valence-corrected chi connectivity index (χ3v) is 4.82. The largest absolute Gasteiger partial charge is 0.464 e. The number of amides is 1. The monoisotopic (exact) mass is 355 g/mol. The molecule has 0 radical (unpaired) electrons. The van der Waals surface area contributed by atoms with Crippen molar-refractivity contribution in [3.8, 4) is 0 Å². The molecule has 0 saturated carbocycles. The first kappa shape index (κ1) is 15.7. The summed E-state index contributed by atoms with van der Waals surface area (Å²) in [5.74, 6) is -0.0783. The lowest BCUT2D eigenvalue weighted by atomic mass is 10.1. The van der Waals surface area contributed by atoms with E-state index in [0.29, 0.717) is 0 Å². The molecule has 5 rings (SSSR count). The third-order valence-electron chi connectivity index (χ3n) is 4.82. The van der Waals surface area contributed by atoms with E-state index < -0.39 is 0 Å². The second-order valence-electron chi connectivity index (χ2n) is 6.79. The number of aryl methyl sites for hydroxylation is 1. The molecule has 0 aliphatic carbocycles. The van der Waals surface area contributed by atoms with E-state index in [1.807, 2.05) is 67.6 Å². The van der Waals surface area contributed by atoms with Crippen LogP contribution < -0.4 is 5.32 Å². The van der Waals surface area contributed by atoms with Crippen LogP contribution >= 0.6 is 0 Å². The smallest absolute Gasteiger partial charge is 0.228 e. The summed E-state index contributed by atoms with van der Waals surface area (Å²) >= 11 is 0. The zero-order valence-electron chi connectivity index (χ0n) is 14.8. The predicted molar refractivity (Wildman–Crippen MR) is 107 cm³/mol. The SMILES string of the molecule is Cc1ccc2c(CC(=O)Nc3ccc4oc5ccccc5c4c3)coc2c1. The Hall–Kier alpha value is -3.53. The van der Waals surface area contributed by atoms with E-state index in [2.05, 4.69) is 5.32 Å². The number of hydrogen-bond acceptors (Lipinski definition) is 3. The number of furan rings is 2. The second kappa shape index (κ2) is 6.02. The minimum absolute atomic E-state index is 0.0783. The summed E-state index contributed by atoms with van der Waals surface area (Å²) in [5.41, 5.74) is 5.24. The Morgan fingerprint density at radius 2 is 1.74 bits per heavy atom. The summed E-state index contributed by atoms with van der Waals surface area (Å²) in [6, 6.07) is 19.6. The zero-order chi connectivity index (χ0) is 18.4. The number of benzene rings is 3. The van der Waals surface area contributed by atoms with Crippen molar-refractivity contribution in [2.45, 2.75) is 13.3 Å². The summed E-state index contributed by atoms with van der Waals surface area (Å²) in [6.07, 6.45) is 1.93. The highest BCUT2D eigenvalue weighted by Gasteiger charge is 2.12. The molecule has 0 aliphatic rings. The fourth-order valence-corrected chi connectivity index (χ4v) is 3.51. The first-order chi connectivity index (χ1) is 13.2. The van der Waals surface area contributed by atoms with Crippen LogP contribution in [0.2, 0.25) is 0 Å². The number of carbonyl (C=O) groups excluding carboxylic acids is 1. The minimum atomic E-state index is -0.0783. The van der Waals surface area contributed by atoms with Gasteiger partial charge in [-0.2, -0.15) is 0 Å². The number of carbonyl (C=O) groups is 1. The number of hydrogen-bond donors (Lipinski definition) is 1. The molecule has 4 heteroatoms. The first-order valence-electron chi connectivity index (χ1n) is 8.85. The first-order valence-corrected chi connectivity index (χ1v) is 8.85. The molecule has 0 aliphatic heterocycles. The van der Waals surface area contributed by atoms with Crippen molar-refractivity contribution in [2.75, 3.05) is 5.32 Å². The molecule has 0 unspecified atom stereocenters. The van der Waals surface area contributed by atoms with Crippen molar-refractivity contribution in [1.29, 1.82) is 0 Å². The fourth-order valence-electron chi connectivity index (χ4n) is 3.51. The number of anilines is 1. The van der Waals surface area contributed by atoms with Crippen LogP contribution in [-0.2, 0) is 11.2 Å². The summed E-state index contributed by atoms with van der Waals surface area (Å²) in [5, 5.41) is 5.99. The maximum absolute atomic E-state index is 12.6. The van der Waals surface area contributed by atoms with Crippen molar-refractivity contribution in [3.63, 3.8) is 0 Å². The molecule has 2 heterocycles. The van der Waals surface area contributed by atoms with Gasteiger partial charge < -0.3 is 14.2 Å². The zero-order valence-corrected chi connectivity index (χ0v) is 14.8. The average molecular weight is 355 g/mol. The van der Waals surface area contributed by atoms with Crippen molar-refractivity contribution in [3.05, 3.63) is 78.1 Å². The fraction of sp³-hybridized carbons (Fsp3) is 0.0870. The Morgan fingerprint density at radius 3 is 2.67 bits per heavy atom. The molecule has 0 atom stereocenters. The topological polar surface area (TPSA) is 55.4 Å². The van der Waals surface area contributed by atoms with Gasteiger partial charge in [0.1, 0.15) is 16.7 Å². The van der Waals surface area contributed by atoms with Crippen molar-refractivity contribution < 1.29 is 13.6 Å². The van der Waals surface area contributed by atoms with Gasteiger partial charge in [-0.05, 0) is 42.8 Å². The van der Waals surface area contributed by atoms with Gasteiger partial charge in [0.25, 0.3) is 0 Å². The minimum Gasteiger partial charge on any atom is -0.464 e. The number of rotatable bonds is 3. The lowest BCUT2D eigenvalue weighted by Gasteiger charge is -2.05. The predicted octanol–water partition coefficient (Wildman–Crippen LogP) is 5.82. The summed E-state index contributed by atoms with van der Waals surface area (Å²) in [6.45, 7) is 2.02. The Labute approximate surface area is 155 Å². The van der Waals surface area contributed by atoms with Gasteiger partial charge in [0.05, 0.1) is 12.7 Å². The van der Waals surface area contributed by atoms with Crippen molar-refractivity contribution in [1.82, 2.24) is 0 Å².